The number of H-pyrrole nitrogens is 1. The van der Waals surface area contributed by atoms with Gasteiger partial charge in [0, 0.05) is 29.5 Å². The molecule has 0 saturated heterocycles. The monoisotopic (exact) mass is 463 g/mol. The maximum Gasteiger partial charge on any atom is 0.306 e. The molecule has 34 heavy (non-hydrogen) atoms. The number of nitrogens with one attached hydrogen (secondary N) is 2. The number of fused-ring (bicyclic) bond motifs is 1. The number of para-hydroxylation sites is 1. The molecule has 1 unspecified atom stereocenters. The summed E-state index contributed by atoms with van der Waals surface area (Å²) in [6.07, 6.45) is -0.0323. The van der Waals surface area contributed by atoms with Crippen molar-refractivity contribution in [1.29, 1.82) is 0 Å². The molecule has 1 atom stereocenters. The summed E-state index contributed by atoms with van der Waals surface area (Å²) in [6, 6.07) is 13.5. The van der Waals surface area contributed by atoms with Crippen molar-refractivity contribution in [2.45, 2.75) is 53.1 Å². The van der Waals surface area contributed by atoms with Gasteiger partial charge >= 0.3 is 5.97 Å². The van der Waals surface area contributed by atoms with Crippen LogP contribution in [0.2, 0.25) is 0 Å². The fraction of sp³-hybridized carbons (Fsp3) is 0.346. The van der Waals surface area contributed by atoms with Gasteiger partial charge in [-0.15, -0.1) is 0 Å². The minimum Gasteiger partial charge on any atom is -0.454 e. The van der Waals surface area contributed by atoms with Gasteiger partial charge in [-0.1, -0.05) is 32.9 Å². The lowest BCUT2D eigenvalue weighted by Crippen LogP contribution is -2.27. The van der Waals surface area contributed by atoms with Gasteiger partial charge in [-0.25, -0.2) is 4.98 Å². The van der Waals surface area contributed by atoms with Crippen molar-refractivity contribution >= 4 is 34.3 Å². The zero-order valence-corrected chi connectivity index (χ0v) is 19.8. The number of ether oxygens (including phenoxy) is 1. The molecule has 0 aliphatic carbocycles. The molecule has 0 fully saturated rings. The van der Waals surface area contributed by atoms with Gasteiger partial charge in [-0.2, -0.15) is 0 Å². The van der Waals surface area contributed by atoms with Crippen LogP contribution in [-0.4, -0.2) is 33.7 Å². The fourth-order valence-corrected chi connectivity index (χ4v) is 3.23. The van der Waals surface area contributed by atoms with E-state index in [1.807, 2.05) is 26.8 Å². The second-order valence-electron chi connectivity index (χ2n) is 9.16. The Morgan fingerprint density at radius 3 is 2.41 bits per heavy atom. The second kappa shape index (κ2) is 10.4. The van der Waals surface area contributed by atoms with Crippen LogP contribution in [-0.2, 0) is 20.7 Å². The van der Waals surface area contributed by atoms with Gasteiger partial charge in [0.25, 0.3) is 5.56 Å². The second-order valence-corrected chi connectivity index (χ2v) is 9.16. The van der Waals surface area contributed by atoms with E-state index in [9.17, 15) is 19.2 Å². The number of hydrogen-bond acceptors (Lipinski definition) is 6. The molecule has 3 aromatic rings. The van der Waals surface area contributed by atoms with Crippen molar-refractivity contribution in [3.05, 3.63) is 70.3 Å². The molecule has 3 rings (SSSR count). The van der Waals surface area contributed by atoms with E-state index < -0.39 is 17.5 Å². The standard InChI is InChI=1S/C26H29N3O5/c1-16(23(31)17-12-14-18(15-13-17)27-25(33)26(2,3)4)34-22(30)11-7-10-21-28-20-9-6-5-8-19(20)24(32)29-21/h5-6,8-9,12-16H,7,10-11H2,1-4H3,(H,27,33)(H,28,29,32). The molecule has 1 aromatic heterocycles. The van der Waals surface area contributed by atoms with Crippen LogP contribution in [0.15, 0.2) is 53.3 Å². The summed E-state index contributed by atoms with van der Waals surface area (Å²) < 4.78 is 5.29. The van der Waals surface area contributed by atoms with Gasteiger partial charge in [0.05, 0.1) is 10.9 Å². The Morgan fingerprint density at radius 2 is 1.74 bits per heavy atom. The number of aryl methyl sites for hydroxylation is 1. The highest BCUT2D eigenvalue weighted by Crippen LogP contribution is 2.18. The lowest BCUT2D eigenvalue weighted by molar-refractivity contribution is -0.146. The van der Waals surface area contributed by atoms with Crippen LogP contribution < -0.4 is 10.9 Å². The summed E-state index contributed by atoms with van der Waals surface area (Å²) in [6.45, 7) is 6.97. The van der Waals surface area contributed by atoms with Gasteiger partial charge in [-0.3, -0.25) is 19.2 Å². The maximum atomic E-state index is 12.6. The van der Waals surface area contributed by atoms with E-state index in [1.165, 1.54) is 6.92 Å². The van der Waals surface area contributed by atoms with Crippen molar-refractivity contribution in [3.8, 4) is 0 Å². The number of benzene rings is 2. The van der Waals surface area contributed by atoms with E-state index in [2.05, 4.69) is 15.3 Å². The molecule has 0 aliphatic heterocycles. The third-order valence-corrected chi connectivity index (χ3v) is 5.24. The van der Waals surface area contributed by atoms with Crippen molar-refractivity contribution in [1.82, 2.24) is 9.97 Å². The third kappa shape index (κ3) is 6.37. The minimum atomic E-state index is -0.943. The van der Waals surface area contributed by atoms with Gasteiger partial charge in [-0.05, 0) is 49.7 Å². The van der Waals surface area contributed by atoms with Crippen LogP contribution in [0.25, 0.3) is 10.9 Å². The third-order valence-electron chi connectivity index (χ3n) is 5.24. The van der Waals surface area contributed by atoms with Gasteiger partial charge < -0.3 is 15.0 Å². The Morgan fingerprint density at radius 1 is 1.06 bits per heavy atom. The number of aromatic amines is 1. The Kier molecular flexibility index (Phi) is 7.61. The average Bonchev–Trinajstić information content (AvgIpc) is 2.78. The SMILES string of the molecule is CC(OC(=O)CCCc1nc2ccccc2c(=O)[nH]1)C(=O)c1ccc(NC(=O)C(C)(C)C)cc1. The number of carbonyl (C=O) groups is 3. The Balaban J connectivity index is 1.50. The average molecular weight is 464 g/mol. The number of nitrogens with zero attached hydrogens (tertiary/aromatic N) is 1. The highest BCUT2D eigenvalue weighted by Gasteiger charge is 2.22. The smallest absolute Gasteiger partial charge is 0.306 e. The van der Waals surface area contributed by atoms with Gasteiger partial charge in [0.2, 0.25) is 11.7 Å². The number of hydrogen-bond donors (Lipinski definition) is 2. The molecule has 0 aliphatic rings. The molecular weight excluding hydrogens is 434 g/mol. The van der Waals surface area contributed by atoms with E-state index >= 15 is 0 Å². The summed E-state index contributed by atoms with van der Waals surface area (Å²) in [7, 11) is 0. The quantitative estimate of drug-likeness (QED) is 0.384. The highest BCUT2D eigenvalue weighted by atomic mass is 16.5. The highest BCUT2D eigenvalue weighted by molar-refractivity contribution is 6.01. The first-order valence-corrected chi connectivity index (χ1v) is 11.2. The van der Waals surface area contributed by atoms with E-state index in [0.29, 0.717) is 40.8 Å². The molecule has 0 saturated carbocycles. The first-order chi connectivity index (χ1) is 16.0. The predicted octanol–water partition coefficient (Wildman–Crippen LogP) is 4.05. The zero-order valence-electron chi connectivity index (χ0n) is 19.8. The zero-order chi connectivity index (χ0) is 24.9. The van der Waals surface area contributed by atoms with Crippen molar-refractivity contribution in [2.75, 3.05) is 5.32 Å². The molecule has 2 aromatic carbocycles. The first-order valence-electron chi connectivity index (χ1n) is 11.2. The van der Waals surface area contributed by atoms with Crippen LogP contribution in [0.3, 0.4) is 0 Å². The number of carbonyl (C=O) groups excluding carboxylic acids is 3. The topological polar surface area (TPSA) is 118 Å². The predicted molar refractivity (Wildman–Crippen MR) is 130 cm³/mol. The Bertz CT molecular complexity index is 1260. The number of ketones is 1. The van der Waals surface area contributed by atoms with Crippen molar-refractivity contribution < 1.29 is 19.1 Å². The molecule has 178 valence electrons. The van der Waals surface area contributed by atoms with Crippen LogP contribution in [0, 0.1) is 5.41 Å². The van der Waals surface area contributed by atoms with Crippen LogP contribution in [0.1, 0.15) is 56.7 Å². The summed E-state index contributed by atoms with van der Waals surface area (Å²) >= 11 is 0. The maximum absolute atomic E-state index is 12.6. The molecule has 8 heteroatoms. The first kappa shape index (κ1) is 24.8. The molecule has 0 spiro atoms. The summed E-state index contributed by atoms with van der Waals surface area (Å²) in [5.41, 5.74) is 0.823. The lowest BCUT2D eigenvalue weighted by Gasteiger charge is -2.18. The Hall–Kier alpha value is -3.81. The molecule has 8 nitrogen and oxygen atoms in total. The number of anilines is 1. The summed E-state index contributed by atoms with van der Waals surface area (Å²) in [5.74, 6) is -0.461. The minimum absolute atomic E-state index is 0.0892. The molecule has 1 heterocycles. The number of esters is 1. The molecular formula is C26H29N3O5. The van der Waals surface area contributed by atoms with Crippen LogP contribution >= 0.6 is 0 Å². The number of Topliss-reactive ketones (excluding diaryl/α,β-unsaturated/α-hetero) is 1. The fourth-order valence-electron chi connectivity index (χ4n) is 3.23. The normalized spacial score (nSPS) is 12.2. The van der Waals surface area contributed by atoms with Crippen LogP contribution in [0.4, 0.5) is 5.69 Å². The van der Waals surface area contributed by atoms with E-state index in [4.69, 9.17) is 4.74 Å². The van der Waals surface area contributed by atoms with E-state index in [0.717, 1.165) is 0 Å². The van der Waals surface area contributed by atoms with E-state index in [-0.39, 0.29) is 23.7 Å². The summed E-state index contributed by atoms with van der Waals surface area (Å²) in [4.78, 5) is 56.2. The van der Waals surface area contributed by atoms with Crippen molar-refractivity contribution in [2.24, 2.45) is 5.41 Å². The van der Waals surface area contributed by atoms with Crippen molar-refractivity contribution in [3.63, 3.8) is 0 Å². The number of aromatic nitrogens is 2. The van der Waals surface area contributed by atoms with Gasteiger partial charge in [0.15, 0.2) is 6.10 Å². The summed E-state index contributed by atoms with van der Waals surface area (Å²) in [5, 5.41) is 3.31. The lowest BCUT2D eigenvalue weighted by atomic mass is 9.95. The number of rotatable bonds is 8. The number of amides is 1. The van der Waals surface area contributed by atoms with Crippen LogP contribution in [0.5, 0.6) is 0 Å². The van der Waals surface area contributed by atoms with Gasteiger partial charge in [0.1, 0.15) is 5.82 Å². The largest absolute Gasteiger partial charge is 0.454 e. The molecule has 1 amide bonds. The molecule has 2 N–H and O–H groups in total. The molecule has 0 radical (unpaired) electrons. The Labute approximate surface area is 197 Å². The van der Waals surface area contributed by atoms with E-state index in [1.54, 1.807) is 42.5 Å². The molecule has 0 bridgehead atoms.